The summed E-state index contributed by atoms with van der Waals surface area (Å²) >= 11 is 0. The highest BCUT2D eigenvalue weighted by molar-refractivity contribution is 5.16. The van der Waals surface area contributed by atoms with Gasteiger partial charge < -0.3 is 5.11 Å². The SMILES string of the molecule is CC1(C)CC1(CO)C1CC(F)(F)C1. The minimum absolute atomic E-state index is 0.0169. The zero-order chi connectivity index (χ0) is 9.91. The molecule has 2 fully saturated rings. The van der Waals surface area contributed by atoms with E-state index in [-0.39, 0.29) is 36.2 Å². The Balaban J connectivity index is 2.03. The van der Waals surface area contributed by atoms with Crippen molar-refractivity contribution in [1.29, 1.82) is 0 Å². The summed E-state index contributed by atoms with van der Waals surface area (Å²) in [6.07, 6.45) is 0.866. The van der Waals surface area contributed by atoms with Crippen molar-refractivity contribution in [1.82, 2.24) is 0 Å². The Morgan fingerprint density at radius 2 is 1.77 bits per heavy atom. The fraction of sp³-hybridized carbons (Fsp3) is 1.00. The van der Waals surface area contributed by atoms with Gasteiger partial charge in [-0.15, -0.1) is 0 Å². The van der Waals surface area contributed by atoms with Gasteiger partial charge in [0, 0.05) is 24.9 Å². The quantitative estimate of drug-likeness (QED) is 0.709. The highest BCUT2D eigenvalue weighted by atomic mass is 19.3. The first-order valence-electron chi connectivity index (χ1n) is 4.82. The van der Waals surface area contributed by atoms with Crippen LogP contribution >= 0.6 is 0 Å². The van der Waals surface area contributed by atoms with Gasteiger partial charge in [0.2, 0.25) is 5.92 Å². The fourth-order valence-electron chi connectivity index (χ4n) is 2.89. The van der Waals surface area contributed by atoms with E-state index in [0.717, 1.165) is 6.42 Å². The zero-order valence-corrected chi connectivity index (χ0v) is 8.11. The number of aliphatic hydroxyl groups excluding tert-OH is 1. The van der Waals surface area contributed by atoms with Gasteiger partial charge in [-0.25, -0.2) is 8.78 Å². The third-order valence-corrected chi connectivity index (χ3v) is 4.13. The lowest BCUT2D eigenvalue weighted by molar-refractivity contribution is -0.141. The molecule has 0 aliphatic heterocycles. The van der Waals surface area contributed by atoms with Gasteiger partial charge in [0.05, 0.1) is 0 Å². The first kappa shape index (κ1) is 9.38. The van der Waals surface area contributed by atoms with Crippen molar-refractivity contribution in [2.45, 2.75) is 39.0 Å². The molecule has 1 nitrogen and oxygen atoms in total. The molecule has 0 spiro atoms. The second-order valence-electron chi connectivity index (χ2n) is 5.34. The van der Waals surface area contributed by atoms with Crippen molar-refractivity contribution in [3.05, 3.63) is 0 Å². The third-order valence-electron chi connectivity index (χ3n) is 4.13. The van der Waals surface area contributed by atoms with Crippen LogP contribution in [0, 0.1) is 16.7 Å². The second-order valence-corrected chi connectivity index (χ2v) is 5.34. The molecular formula is C10H16F2O. The van der Waals surface area contributed by atoms with Gasteiger partial charge >= 0.3 is 0 Å². The molecule has 0 aromatic carbocycles. The summed E-state index contributed by atoms with van der Waals surface area (Å²) in [6, 6.07) is 0. The molecule has 0 heterocycles. The molecule has 76 valence electrons. The topological polar surface area (TPSA) is 20.2 Å². The van der Waals surface area contributed by atoms with Crippen molar-refractivity contribution >= 4 is 0 Å². The van der Waals surface area contributed by atoms with Gasteiger partial charge in [-0.3, -0.25) is 0 Å². The van der Waals surface area contributed by atoms with Crippen LogP contribution in [0.1, 0.15) is 33.1 Å². The van der Waals surface area contributed by atoms with Crippen LogP contribution in [0.25, 0.3) is 0 Å². The van der Waals surface area contributed by atoms with Gasteiger partial charge in [0.15, 0.2) is 0 Å². The van der Waals surface area contributed by atoms with E-state index in [1.165, 1.54) is 0 Å². The van der Waals surface area contributed by atoms with Gasteiger partial charge in [-0.2, -0.15) is 0 Å². The molecule has 2 rings (SSSR count). The molecule has 1 unspecified atom stereocenters. The van der Waals surface area contributed by atoms with Crippen LogP contribution in [0.2, 0.25) is 0 Å². The summed E-state index contributed by atoms with van der Waals surface area (Å²) < 4.78 is 25.3. The zero-order valence-electron chi connectivity index (χ0n) is 8.11. The first-order chi connectivity index (χ1) is 5.83. The monoisotopic (exact) mass is 190 g/mol. The second kappa shape index (κ2) is 2.25. The van der Waals surface area contributed by atoms with Crippen LogP contribution in [-0.2, 0) is 0 Å². The molecule has 3 heteroatoms. The summed E-state index contributed by atoms with van der Waals surface area (Å²) in [5.41, 5.74) is -0.113. The molecule has 0 saturated heterocycles. The summed E-state index contributed by atoms with van der Waals surface area (Å²) in [6.45, 7) is 4.18. The molecule has 2 aliphatic rings. The minimum atomic E-state index is -2.45. The van der Waals surface area contributed by atoms with E-state index in [1.807, 2.05) is 0 Å². The molecule has 0 bridgehead atoms. The summed E-state index contributed by atoms with van der Waals surface area (Å²) in [5.74, 6) is -2.41. The Hall–Kier alpha value is -0.180. The van der Waals surface area contributed by atoms with E-state index < -0.39 is 5.92 Å². The molecular weight excluding hydrogens is 174 g/mol. The molecule has 13 heavy (non-hydrogen) atoms. The Bertz CT molecular complexity index is 229. The molecule has 0 amide bonds. The molecule has 0 aromatic rings. The Labute approximate surface area is 77.1 Å². The number of aliphatic hydroxyl groups is 1. The van der Waals surface area contributed by atoms with Gasteiger partial charge in [0.1, 0.15) is 0 Å². The molecule has 0 aromatic heterocycles. The summed E-state index contributed by atoms with van der Waals surface area (Å²) in [7, 11) is 0. The van der Waals surface area contributed by atoms with Crippen LogP contribution in [-0.4, -0.2) is 17.6 Å². The maximum absolute atomic E-state index is 12.7. The van der Waals surface area contributed by atoms with Crippen molar-refractivity contribution in [3.8, 4) is 0 Å². The Morgan fingerprint density at radius 1 is 1.31 bits per heavy atom. The van der Waals surface area contributed by atoms with E-state index in [2.05, 4.69) is 13.8 Å². The van der Waals surface area contributed by atoms with Gasteiger partial charge in [0.25, 0.3) is 0 Å². The van der Waals surface area contributed by atoms with E-state index in [1.54, 1.807) is 0 Å². The summed E-state index contributed by atoms with van der Waals surface area (Å²) in [4.78, 5) is 0. The largest absolute Gasteiger partial charge is 0.396 e. The Morgan fingerprint density at radius 3 is 2.00 bits per heavy atom. The fourth-order valence-corrected chi connectivity index (χ4v) is 2.89. The lowest BCUT2D eigenvalue weighted by Gasteiger charge is -2.41. The number of halogens is 2. The van der Waals surface area contributed by atoms with Crippen LogP contribution in [0.5, 0.6) is 0 Å². The predicted octanol–water partition coefficient (Wildman–Crippen LogP) is 2.44. The van der Waals surface area contributed by atoms with Gasteiger partial charge in [-0.1, -0.05) is 13.8 Å². The van der Waals surface area contributed by atoms with Crippen LogP contribution in [0.15, 0.2) is 0 Å². The third kappa shape index (κ3) is 1.13. The molecule has 2 saturated carbocycles. The highest BCUT2D eigenvalue weighted by Gasteiger charge is 2.69. The summed E-state index contributed by atoms with van der Waals surface area (Å²) in [5, 5.41) is 9.25. The van der Waals surface area contributed by atoms with E-state index in [4.69, 9.17) is 0 Å². The average molecular weight is 190 g/mol. The number of alkyl halides is 2. The highest BCUT2D eigenvalue weighted by Crippen LogP contribution is 2.72. The van der Waals surface area contributed by atoms with Crippen molar-refractivity contribution in [3.63, 3.8) is 0 Å². The number of hydrogen-bond donors (Lipinski definition) is 1. The molecule has 1 N–H and O–H groups in total. The number of hydrogen-bond acceptors (Lipinski definition) is 1. The lowest BCUT2D eigenvalue weighted by Crippen LogP contribution is -2.43. The minimum Gasteiger partial charge on any atom is -0.396 e. The Kier molecular flexibility index (Phi) is 1.62. The lowest BCUT2D eigenvalue weighted by atomic mass is 9.68. The normalized spacial score (nSPS) is 41.3. The van der Waals surface area contributed by atoms with Crippen LogP contribution in [0.3, 0.4) is 0 Å². The standard InChI is InChI=1S/C10H16F2O/c1-8(2)5-9(8,6-13)7-3-10(11,12)4-7/h7,13H,3-6H2,1-2H3. The van der Waals surface area contributed by atoms with Crippen molar-refractivity contribution < 1.29 is 13.9 Å². The smallest absolute Gasteiger partial charge is 0.248 e. The van der Waals surface area contributed by atoms with Crippen LogP contribution in [0.4, 0.5) is 8.78 Å². The number of rotatable bonds is 2. The predicted molar refractivity (Wildman–Crippen MR) is 45.6 cm³/mol. The van der Waals surface area contributed by atoms with E-state index in [9.17, 15) is 13.9 Å². The average Bonchev–Trinajstić information content (AvgIpc) is 2.50. The molecule has 1 atom stereocenters. The molecule has 0 radical (unpaired) electrons. The van der Waals surface area contributed by atoms with Gasteiger partial charge in [-0.05, 0) is 17.8 Å². The van der Waals surface area contributed by atoms with Crippen molar-refractivity contribution in [2.24, 2.45) is 16.7 Å². The van der Waals surface area contributed by atoms with Crippen LogP contribution < -0.4 is 0 Å². The maximum Gasteiger partial charge on any atom is 0.248 e. The first-order valence-corrected chi connectivity index (χ1v) is 4.82. The maximum atomic E-state index is 12.7. The van der Waals surface area contributed by atoms with E-state index in [0.29, 0.717) is 0 Å². The van der Waals surface area contributed by atoms with Crippen molar-refractivity contribution in [2.75, 3.05) is 6.61 Å². The molecule has 2 aliphatic carbocycles. The van der Waals surface area contributed by atoms with E-state index >= 15 is 0 Å².